The Morgan fingerprint density at radius 3 is 2.80 bits per heavy atom. The van der Waals surface area contributed by atoms with Crippen molar-refractivity contribution in [1.29, 1.82) is 0 Å². The first kappa shape index (κ1) is 12.0. The Kier molecular flexibility index (Phi) is 4.56. The molecule has 0 fully saturated rings. The lowest BCUT2D eigenvalue weighted by Gasteiger charge is -2.03. The van der Waals surface area contributed by atoms with Gasteiger partial charge in [0.15, 0.2) is 0 Å². The molecule has 3 heteroatoms. The SMILES string of the molecule is CC(C)OC(=O)C=Cc1cccc(Br)c1. The minimum absolute atomic E-state index is 0.0790. The van der Waals surface area contributed by atoms with Crippen molar-refractivity contribution < 1.29 is 9.53 Å². The second-order valence-electron chi connectivity index (χ2n) is 3.37. The summed E-state index contributed by atoms with van der Waals surface area (Å²) < 4.78 is 5.95. The summed E-state index contributed by atoms with van der Waals surface area (Å²) in [5.74, 6) is -0.315. The highest BCUT2D eigenvalue weighted by atomic mass is 79.9. The molecule has 0 saturated heterocycles. The molecule has 0 spiro atoms. The van der Waals surface area contributed by atoms with Gasteiger partial charge >= 0.3 is 5.97 Å². The van der Waals surface area contributed by atoms with Gasteiger partial charge in [0.25, 0.3) is 0 Å². The summed E-state index contributed by atoms with van der Waals surface area (Å²) in [5.41, 5.74) is 0.963. The lowest BCUT2D eigenvalue weighted by Crippen LogP contribution is -2.08. The van der Waals surface area contributed by atoms with Crippen molar-refractivity contribution in [3.8, 4) is 0 Å². The van der Waals surface area contributed by atoms with E-state index in [1.807, 2.05) is 38.1 Å². The lowest BCUT2D eigenvalue weighted by molar-refractivity contribution is -0.141. The first-order valence-electron chi connectivity index (χ1n) is 4.72. The second-order valence-corrected chi connectivity index (χ2v) is 4.29. The van der Waals surface area contributed by atoms with E-state index in [0.29, 0.717) is 0 Å². The van der Waals surface area contributed by atoms with Gasteiger partial charge in [-0.3, -0.25) is 0 Å². The molecule has 0 aliphatic heterocycles. The quantitative estimate of drug-likeness (QED) is 0.620. The molecule has 0 aliphatic rings. The average molecular weight is 269 g/mol. The first-order valence-corrected chi connectivity index (χ1v) is 5.51. The highest BCUT2D eigenvalue weighted by Gasteiger charge is 1.99. The summed E-state index contributed by atoms with van der Waals surface area (Å²) in [7, 11) is 0. The molecular formula is C12H13BrO2. The summed E-state index contributed by atoms with van der Waals surface area (Å²) >= 11 is 3.36. The van der Waals surface area contributed by atoms with Crippen LogP contribution < -0.4 is 0 Å². The minimum Gasteiger partial charge on any atom is -0.460 e. The maximum absolute atomic E-state index is 11.2. The molecule has 0 aliphatic carbocycles. The zero-order valence-electron chi connectivity index (χ0n) is 8.74. The number of hydrogen-bond acceptors (Lipinski definition) is 2. The van der Waals surface area contributed by atoms with Gasteiger partial charge in [0, 0.05) is 10.5 Å². The highest BCUT2D eigenvalue weighted by molar-refractivity contribution is 9.10. The molecule has 0 amide bonds. The smallest absolute Gasteiger partial charge is 0.331 e. The summed E-state index contributed by atoms with van der Waals surface area (Å²) in [6, 6.07) is 7.70. The van der Waals surface area contributed by atoms with E-state index >= 15 is 0 Å². The number of halogens is 1. The van der Waals surface area contributed by atoms with E-state index in [1.165, 1.54) is 6.08 Å². The summed E-state index contributed by atoms with van der Waals surface area (Å²) in [4.78, 5) is 11.2. The number of benzene rings is 1. The van der Waals surface area contributed by atoms with Crippen LogP contribution in [0.15, 0.2) is 34.8 Å². The Hall–Kier alpha value is -1.09. The minimum atomic E-state index is -0.315. The van der Waals surface area contributed by atoms with E-state index in [0.717, 1.165) is 10.0 Å². The third-order valence-corrected chi connectivity index (χ3v) is 2.11. The Morgan fingerprint density at radius 2 is 2.20 bits per heavy atom. The van der Waals surface area contributed by atoms with E-state index in [1.54, 1.807) is 6.08 Å². The van der Waals surface area contributed by atoms with Gasteiger partial charge in [-0.25, -0.2) is 4.79 Å². The molecule has 0 aromatic heterocycles. The van der Waals surface area contributed by atoms with Crippen LogP contribution in [-0.2, 0) is 9.53 Å². The topological polar surface area (TPSA) is 26.3 Å². The van der Waals surface area contributed by atoms with Crippen molar-refractivity contribution >= 4 is 28.0 Å². The van der Waals surface area contributed by atoms with Crippen LogP contribution in [-0.4, -0.2) is 12.1 Å². The Bertz CT molecular complexity index is 370. The van der Waals surface area contributed by atoms with Crippen molar-refractivity contribution in [2.24, 2.45) is 0 Å². The summed E-state index contributed by atoms with van der Waals surface area (Å²) in [6.45, 7) is 3.65. The number of carbonyl (C=O) groups is 1. The third-order valence-electron chi connectivity index (χ3n) is 1.61. The molecule has 0 atom stereocenters. The Labute approximate surface area is 98.1 Å². The van der Waals surface area contributed by atoms with Crippen molar-refractivity contribution in [2.75, 3.05) is 0 Å². The fraction of sp³-hybridized carbons (Fsp3) is 0.250. The number of esters is 1. The van der Waals surface area contributed by atoms with Gasteiger partial charge in [0.05, 0.1) is 6.10 Å². The molecule has 1 rings (SSSR count). The largest absolute Gasteiger partial charge is 0.460 e. The maximum Gasteiger partial charge on any atom is 0.331 e. The van der Waals surface area contributed by atoms with Crippen LogP contribution in [0.3, 0.4) is 0 Å². The van der Waals surface area contributed by atoms with Crippen molar-refractivity contribution in [3.05, 3.63) is 40.4 Å². The van der Waals surface area contributed by atoms with Gasteiger partial charge in [-0.2, -0.15) is 0 Å². The summed E-state index contributed by atoms with van der Waals surface area (Å²) in [5, 5.41) is 0. The third kappa shape index (κ3) is 4.79. The molecule has 0 bridgehead atoms. The zero-order valence-corrected chi connectivity index (χ0v) is 10.3. The number of carbonyl (C=O) groups excluding carboxylic acids is 1. The van der Waals surface area contributed by atoms with Gasteiger partial charge in [-0.15, -0.1) is 0 Å². The molecule has 1 aromatic carbocycles. The average Bonchev–Trinajstić information content (AvgIpc) is 2.14. The summed E-state index contributed by atoms with van der Waals surface area (Å²) in [6.07, 6.45) is 3.08. The predicted molar refractivity (Wildman–Crippen MR) is 64.4 cm³/mol. The van der Waals surface area contributed by atoms with Gasteiger partial charge in [0.2, 0.25) is 0 Å². The Balaban J connectivity index is 2.61. The standard InChI is InChI=1S/C12H13BrO2/c1-9(2)15-12(14)7-6-10-4-3-5-11(13)8-10/h3-9H,1-2H3. The molecular weight excluding hydrogens is 256 g/mol. The van der Waals surface area contributed by atoms with Gasteiger partial charge in [-0.1, -0.05) is 28.1 Å². The molecule has 0 radical (unpaired) electrons. The Morgan fingerprint density at radius 1 is 1.47 bits per heavy atom. The molecule has 15 heavy (non-hydrogen) atoms. The molecule has 0 saturated carbocycles. The fourth-order valence-electron chi connectivity index (χ4n) is 1.05. The van der Waals surface area contributed by atoms with E-state index in [-0.39, 0.29) is 12.1 Å². The molecule has 0 heterocycles. The number of hydrogen-bond donors (Lipinski definition) is 0. The highest BCUT2D eigenvalue weighted by Crippen LogP contribution is 2.12. The van der Waals surface area contributed by atoms with Crippen LogP contribution in [0.2, 0.25) is 0 Å². The van der Waals surface area contributed by atoms with Crippen LogP contribution >= 0.6 is 15.9 Å². The molecule has 0 N–H and O–H groups in total. The van der Waals surface area contributed by atoms with Crippen LogP contribution in [0.25, 0.3) is 6.08 Å². The van der Waals surface area contributed by atoms with Gasteiger partial charge in [-0.05, 0) is 37.6 Å². The fourth-order valence-corrected chi connectivity index (χ4v) is 1.46. The van der Waals surface area contributed by atoms with Crippen LogP contribution in [0, 0.1) is 0 Å². The molecule has 80 valence electrons. The van der Waals surface area contributed by atoms with Crippen molar-refractivity contribution in [1.82, 2.24) is 0 Å². The van der Waals surface area contributed by atoms with Crippen LogP contribution in [0.4, 0.5) is 0 Å². The zero-order chi connectivity index (χ0) is 11.3. The lowest BCUT2D eigenvalue weighted by atomic mass is 10.2. The van der Waals surface area contributed by atoms with Gasteiger partial charge in [0.1, 0.15) is 0 Å². The van der Waals surface area contributed by atoms with Crippen LogP contribution in [0.1, 0.15) is 19.4 Å². The van der Waals surface area contributed by atoms with Crippen LogP contribution in [0.5, 0.6) is 0 Å². The predicted octanol–water partition coefficient (Wildman–Crippen LogP) is 3.41. The van der Waals surface area contributed by atoms with E-state index in [2.05, 4.69) is 15.9 Å². The van der Waals surface area contributed by atoms with Gasteiger partial charge < -0.3 is 4.74 Å². The normalized spacial score (nSPS) is 10.9. The van der Waals surface area contributed by atoms with Crippen molar-refractivity contribution in [3.63, 3.8) is 0 Å². The van der Waals surface area contributed by atoms with Crippen molar-refractivity contribution in [2.45, 2.75) is 20.0 Å². The number of ether oxygens (including phenoxy) is 1. The molecule has 1 aromatic rings. The second kappa shape index (κ2) is 5.71. The maximum atomic E-state index is 11.2. The number of rotatable bonds is 3. The monoisotopic (exact) mass is 268 g/mol. The molecule has 0 unspecified atom stereocenters. The van der Waals surface area contributed by atoms with E-state index in [4.69, 9.17) is 4.74 Å². The first-order chi connectivity index (χ1) is 7.08. The van der Waals surface area contributed by atoms with E-state index < -0.39 is 0 Å². The molecule has 2 nitrogen and oxygen atoms in total. The van der Waals surface area contributed by atoms with E-state index in [9.17, 15) is 4.79 Å².